The number of hydrogen-bond acceptors (Lipinski definition) is 4. The summed E-state index contributed by atoms with van der Waals surface area (Å²) >= 11 is 2.26. The van der Waals surface area contributed by atoms with Crippen LogP contribution >= 0.6 is 23.5 Å². The molecule has 2 aromatic rings. The Labute approximate surface area is 256 Å². The summed E-state index contributed by atoms with van der Waals surface area (Å²) < 4.78 is 89.6. The van der Waals surface area contributed by atoms with E-state index in [-0.39, 0.29) is 10.8 Å². The molecule has 2 nitrogen and oxygen atoms in total. The van der Waals surface area contributed by atoms with Crippen LogP contribution in [0.3, 0.4) is 0 Å². The van der Waals surface area contributed by atoms with Crippen molar-refractivity contribution in [3.8, 4) is 0 Å². The Morgan fingerprint density at radius 3 is 1.12 bits per heavy atom. The quantitative estimate of drug-likeness (QED) is 0.307. The predicted molar refractivity (Wildman–Crippen MR) is 164 cm³/mol. The molecule has 1 saturated carbocycles. The van der Waals surface area contributed by atoms with Crippen molar-refractivity contribution in [2.24, 2.45) is 9.98 Å². The highest BCUT2D eigenvalue weighted by Crippen LogP contribution is 2.73. The molecule has 2 aromatic carbocycles. The van der Waals surface area contributed by atoms with Crippen LogP contribution in [-0.4, -0.2) is 37.3 Å². The van der Waals surface area contributed by atoms with Gasteiger partial charge in [0, 0.05) is 11.1 Å². The number of alkyl halides is 6. The minimum atomic E-state index is -5.65. The first-order valence-corrected chi connectivity index (χ1v) is 15.6. The molecular weight excluding hydrogens is 602 g/mol. The molecule has 0 radical (unpaired) electrons. The average Bonchev–Trinajstić information content (AvgIpc) is 3.48. The van der Waals surface area contributed by atoms with Gasteiger partial charge in [0.05, 0.1) is 32.0 Å². The van der Waals surface area contributed by atoms with E-state index in [4.69, 9.17) is 0 Å². The van der Waals surface area contributed by atoms with Crippen molar-refractivity contribution in [1.82, 2.24) is 0 Å². The van der Waals surface area contributed by atoms with Crippen LogP contribution in [0.5, 0.6) is 0 Å². The molecule has 0 aromatic heterocycles. The van der Waals surface area contributed by atoms with Crippen LogP contribution in [-0.2, 0) is 10.8 Å². The van der Waals surface area contributed by atoms with E-state index < -0.39 is 49.8 Å². The summed E-state index contributed by atoms with van der Waals surface area (Å²) in [7, 11) is 0. The highest BCUT2D eigenvalue weighted by molar-refractivity contribution is 8.20. The van der Waals surface area contributed by atoms with Gasteiger partial charge in [-0.1, -0.05) is 114 Å². The van der Waals surface area contributed by atoms with Gasteiger partial charge in [0.15, 0.2) is 0 Å². The molecule has 0 saturated heterocycles. The van der Waals surface area contributed by atoms with Gasteiger partial charge >= 0.3 is 17.8 Å². The Morgan fingerprint density at radius 1 is 0.535 bits per heavy atom. The van der Waals surface area contributed by atoms with Gasteiger partial charge < -0.3 is 0 Å². The number of hydrogen-bond donors (Lipinski definition) is 0. The number of thioether (sulfide) groups is 2. The smallest absolute Gasteiger partial charge is 0.244 e. The molecule has 1 fully saturated rings. The molecule has 0 N–H and O–H groups in total. The fourth-order valence-corrected chi connectivity index (χ4v) is 8.89. The molecule has 43 heavy (non-hydrogen) atoms. The highest BCUT2D eigenvalue weighted by Gasteiger charge is 2.85. The Balaban J connectivity index is 1.56. The van der Waals surface area contributed by atoms with E-state index in [0.717, 1.165) is 34.7 Å². The van der Waals surface area contributed by atoms with Gasteiger partial charge in [-0.05, 0) is 35.8 Å². The fraction of sp³-hybridized carbons (Fsp3) is 0.455. The summed E-state index contributed by atoms with van der Waals surface area (Å²) in [5.41, 5.74) is -0.719. The fourth-order valence-electron chi connectivity index (χ4n) is 6.01. The molecule has 4 aliphatic rings. The van der Waals surface area contributed by atoms with E-state index in [1.54, 1.807) is 38.1 Å². The van der Waals surface area contributed by atoms with Crippen LogP contribution in [0, 0.1) is 0 Å². The standard InChI is InChI=1S/C33H32F6N2S2/c1-27(2,3)19-13-9-17(10-14-19)25-40-23-21-22(32(36,37)33(38,39)31(21,34)35)24-30(8,29(23,7)42-25)43-26(41-24)18-11-15-20(16-12-18)28(4,5)6/h9-16H,1-8H3. The van der Waals surface area contributed by atoms with Crippen LogP contribution in [0.1, 0.15) is 77.6 Å². The number of rotatable bonds is 2. The van der Waals surface area contributed by atoms with E-state index in [0.29, 0.717) is 21.2 Å². The predicted octanol–water partition coefficient (Wildman–Crippen LogP) is 9.93. The molecule has 2 aliphatic heterocycles. The summed E-state index contributed by atoms with van der Waals surface area (Å²) in [6.07, 6.45) is 0. The molecule has 2 heterocycles. The molecule has 0 spiro atoms. The first kappa shape index (κ1) is 30.6. The topological polar surface area (TPSA) is 24.7 Å². The molecule has 2 atom stereocenters. The van der Waals surface area contributed by atoms with Gasteiger partial charge in [-0.2, -0.15) is 26.3 Å². The van der Waals surface area contributed by atoms with Gasteiger partial charge in [-0.25, -0.2) is 9.98 Å². The molecule has 2 aliphatic carbocycles. The number of benzene rings is 2. The zero-order valence-electron chi connectivity index (χ0n) is 25.1. The van der Waals surface area contributed by atoms with Crippen LogP contribution in [0.15, 0.2) is 81.1 Å². The number of nitrogens with zero attached hydrogens (tertiary/aromatic N) is 2. The van der Waals surface area contributed by atoms with Crippen molar-refractivity contribution in [3.63, 3.8) is 0 Å². The summed E-state index contributed by atoms with van der Waals surface area (Å²) in [5.74, 6) is -15.9. The van der Waals surface area contributed by atoms with E-state index in [2.05, 4.69) is 51.5 Å². The van der Waals surface area contributed by atoms with Crippen molar-refractivity contribution < 1.29 is 26.3 Å². The SMILES string of the molecule is CC(C)(C)c1ccc(C2=NC3=C4C(=C5N=C(c6ccc(C(C)(C)C)cc6)SC5(C)C3(C)S2)C(F)(F)C(F)(F)C4(F)F)cc1. The maximum absolute atomic E-state index is 15.6. The summed E-state index contributed by atoms with van der Waals surface area (Å²) in [5, 5.41) is 0.621. The van der Waals surface area contributed by atoms with Gasteiger partial charge in [0.1, 0.15) is 10.1 Å². The number of halogens is 6. The molecule has 0 amide bonds. The van der Waals surface area contributed by atoms with Crippen LogP contribution in [0.25, 0.3) is 0 Å². The largest absolute Gasteiger partial charge is 0.380 e. The van der Waals surface area contributed by atoms with Gasteiger partial charge in [0.2, 0.25) is 0 Å². The van der Waals surface area contributed by atoms with Crippen molar-refractivity contribution in [2.45, 2.75) is 93.5 Å². The molecule has 6 rings (SSSR count). The highest BCUT2D eigenvalue weighted by atomic mass is 32.2. The van der Waals surface area contributed by atoms with Crippen LogP contribution in [0.4, 0.5) is 26.3 Å². The minimum Gasteiger partial charge on any atom is -0.244 e. The third-order valence-electron chi connectivity index (χ3n) is 8.98. The zero-order chi connectivity index (χ0) is 31.8. The Hall–Kier alpha value is -2.46. The van der Waals surface area contributed by atoms with Crippen LogP contribution < -0.4 is 0 Å². The Kier molecular flexibility index (Phi) is 6.28. The lowest BCUT2D eigenvalue weighted by Crippen LogP contribution is -2.49. The number of allylic oxidation sites excluding steroid dienone is 2. The van der Waals surface area contributed by atoms with Crippen molar-refractivity contribution in [1.29, 1.82) is 0 Å². The van der Waals surface area contributed by atoms with Crippen molar-refractivity contribution in [2.75, 3.05) is 0 Å². The number of fused-ring (bicyclic) bond motifs is 4. The molecular formula is C33H32F6N2S2. The van der Waals surface area contributed by atoms with Crippen molar-refractivity contribution >= 4 is 33.6 Å². The number of aliphatic imine (C=N–C) groups is 2. The van der Waals surface area contributed by atoms with E-state index >= 15 is 26.3 Å². The second-order valence-electron chi connectivity index (χ2n) is 13.9. The molecule has 0 bridgehead atoms. The Bertz CT molecular complexity index is 1550. The first-order valence-electron chi connectivity index (χ1n) is 14.0. The second kappa shape index (κ2) is 8.83. The Morgan fingerprint density at radius 2 is 0.837 bits per heavy atom. The lowest BCUT2D eigenvalue weighted by atomic mass is 9.77. The maximum Gasteiger partial charge on any atom is 0.380 e. The van der Waals surface area contributed by atoms with Gasteiger partial charge in [-0.15, -0.1) is 0 Å². The molecule has 228 valence electrons. The third-order valence-corrected chi connectivity index (χ3v) is 12.2. The molecule has 10 heteroatoms. The lowest BCUT2D eigenvalue weighted by Gasteiger charge is -2.44. The maximum atomic E-state index is 15.6. The first-order chi connectivity index (χ1) is 19.6. The third kappa shape index (κ3) is 3.97. The summed E-state index contributed by atoms with van der Waals surface area (Å²) in [4.78, 5) is 8.94. The van der Waals surface area contributed by atoms with Crippen molar-refractivity contribution in [3.05, 3.63) is 93.3 Å². The van der Waals surface area contributed by atoms with Crippen LogP contribution in [0.2, 0.25) is 0 Å². The second-order valence-corrected chi connectivity index (χ2v) is 16.7. The monoisotopic (exact) mass is 634 g/mol. The average molecular weight is 635 g/mol. The zero-order valence-corrected chi connectivity index (χ0v) is 26.7. The minimum absolute atomic E-state index is 0.142. The molecule has 2 unspecified atom stereocenters. The van der Waals surface area contributed by atoms with E-state index in [1.807, 2.05) is 24.3 Å². The van der Waals surface area contributed by atoms with Gasteiger partial charge in [-0.3, -0.25) is 0 Å². The lowest BCUT2D eigenvalue weighted by molar-refractivity contribution is -0.258. The van der Waals surface area contributed by atoms with Gasteiger partial charge in [0.25, 0.3) is 0 Å². The normalized spacial score (nSPS) is 28.9. The van der Waals surface area contributed by atoms with E-state index in [1.165, 1.54) is 0 Å². The summed E-state index contributed by atoms with van der Waals surface area (Å²) in [6, 6.07) is 14.8. The summed E-state index contributed by atoms with van der Waals surface area (Å²) in [6.45, 7) is 15.5. The van der Waals surface area contributed by atoms with E-state index in [9.17, 15) is 0 Å².